The van der Waals surface area contributed by atoms with Crippen molar-refractivity contribution >= 4 is 22.7 Å². The van der Waals surface area contributed by atoms with Gasteiger partial charge in [-0.2, -0.15) is 0 Å². The van der Waals surface area contributed by atoms with Gasteiger partial charge in [-0.3, -0.25) is 14.6 Å². The second-order valence-electron chi connectivity index (χ2n) is 5.66. The number of benzene rings is 1. The van der Waals surface area contributed by atoms with E-state index >= 15 is 0 Å². The number of para-hydroxylation sites is 1. The fourth-order valence-electron chi connectivity index (χ4n) is 2.95. The maximum Gasteiger partial charge on any atom is 0.239 e. The summed E-state index contributed by atoms with van der Waals surface area (Å²) in [5.41, 5.74) is 3.89. The van der Waals surface area contributed by atoms with Gasteiger partial charge in [0, 0.05) is 24.2 Å². The number of piperazine rings is 1. The lowest BCUT2D eigenvalue weighted by Gasteiger charge is -2.27. The molecule has 3 rings (SSSR count). The van der Waals surface area contributed by atoms with Crippen LogP contribution in [0.2, 0.25) is 0 Å². The molecule has 0 unspecified atom stereocenters. The number of nitrogens with zero attached hydrogens (tertiary/aromatic N) is 2. The molecule has 114 valence electrons. The number of hydrogen-bond acceptors (Lipinski definition) is 3. The second kappa shape index (κ2) is 5.75. The molecule has 1 aliphatic heterocycles. The summed E-state index contributed by atoms with van der Waals surface area (Å²) >= 11 is 0. The van der Waals surface area contributed by atoms with Crippen molar-refractivity contribution in [1.29, 1.82) is 0 Å². The third-order valence-electron chi connectivity index (χ3n) is 4.20. The van der Waals surface area contributed by atoms with Crippen LogP contribution in [-0.2, 0) is 16.0 Å². The lowest BCUT2D eigenvalue weighted by molar-refractivity contribution is -0.137. The molecule has 0 radical (unpaired) electrons. The maximum atomic E-state index is 12.5. The Morgan fingerprint density at radius 3 is 2.86 bits per heavy atom. The molecule has 1 aromatic heterocycles. The second-order valence-corrected chi connectivity index (χ2v) is 5.66. The Balaban J connectivity index is 1.90. The molecule has 5 heteroatoms. The summed E-state index contributed by atoms with van der Waals surface area (Å²) in [4.78, 5) is 30.1. The van der Waals surface area contributed by atoms with Crippen molar-refractivity contribution < 1.29 is 9.59 Å². The molecule has 0 spiro atoms. The highest BCUT2D eigenvalue weighted by Crippen LogP contribution is 2.23. The standard InChI is InChI=1S/C17H19N3O2/c1-11-13-5-3-4-6-15(13)19-12(2)14(11)9-17(22)20-8-7-18-16(21)10-20/h3-6H,7-10H2,1-2H3,(H,18,21). The summed E-state index contributed by atoms with van der Waals surface area (Å²) in [5, 5.41) is 3.81. The van der Waals surface area contributed by atoms with Crippen molar-refractivity contribution in [2.24, 2.45) is 0 Å². The molecule has 5 nitrogen and oxygen atoms in total. The Morgan fingerprint density at radius 1 is 1.32 bits per heavy atom. The third-order valence-corrected chi connectivity index (χ3v) is 4.20. The van der Waals surface area contributed by atoms with Crippen LogP contribution in [0.25, 0.3) is 10.9 Å². The fraction of sp³-hybridized carbons (Fsp3) is 0.353. The molecule has 2 aromatic rings. The first-order chi connectivity index (χ1) is 10.6. The number of pyridine rings is 1. The van der Waals surface area contributed by atoms with Crippen LogP contribution in [0.5, 0.6) is 0 Å². The SMILES string of the molecule is Cc1nc2ccccc2c(C)c1CC(=O)N1CCNC(=O)C1. The summed E-state index contributed by atoms with van der Waals surface area (Å²) < 4.78 is 0. The van der Waals surface area contributed by atoms with Gasteiger partial charge in [0.25, 0.3) is 0 Å². The van der Waals surface area contributed by atoms with Crippen LogP contribution in [0, 0.1) is 13.8 Å². The number of fused-ring (bicyclic) bond motifs is 1. The number of aryl methyl sites for hydroxylation is 2. The van der Waals surface area contributed by atoms with Gasteiger partial charge in [0.2, 0.25) is 11.8 Å². The van der Waals surface area contributed by atoms with E-state index in [0.717, 1.165) is 27.7 Å². The first-order valence-corrected chi connectivity index (χ1v) is 7.45. The number of amides is 2. The molecule has 0 saturated carbocycles. The molecule has 1 aliphatic rings. The Hall–Kier alpha value is -2.43. The molecule has 1 aromatic carbocycles. The van der Waals surface area contributed by atoms with Gasteiger partial charge in [0.05, 0.1) is 18.5 Å². The highest BCUT2D eigenvalue weighted by atomic mass is 16.2. The minimum absolute atomic E-state index is 0.0156. The van der Waals surface area contributed by atoms with E-state index in [9.17, 15) is 9.59 Å². The third kappa shape index (κ3) is 2.66. The Morgan fingerprint density at radius 2 is 2.09 bits per heavy atom. The summed E-state index contributed by atoms with van der Waals surface area (Å²) in [6.45, 7) is 5.22. The van der Waals surface area contributed by atoms with Gasteiger partial charge < -0.3 is 10.2 Å². The molecular weight excluding hydrogens is 278 g/mol. The van der Waals surface area contributed by atoms with Gasteiger partial charge in [-0.1, -0.05) is 18.2 Å². The number of rotatable bonds is 2. The van der Waals surface area contributed by atoms with Crippen LogP contribution in [-0.4, -0.2) is 41.3 Å². The number of nitrogens with one attached hydrogen (secondary N) is 1. The van der Waals surface area contributed by atoms with E-state index in [-0.39, 0.29) is 18.4 Å². The lowest BCUT2D eigenvalue weighted by atomic mass is 9.99. The van der Waals surface area contributed by atoms with Crippen LogP contribution in [0.15, 0.2) is 24.3 Å². The van der Waals surface area contributed by atoms with Crippen molar-refractivity contribution in [3.63, 3.8) is 0 Å². The molecule has 1 fully saturated rings. The smallest absolute Gasteiger partial charge is 0.239 e. The van der Waals surface area contributed by atoms with Gasteiger partial charge in [-0.05, 0) is 31.0 Å². The normalized spacial score (nSPS) is 15.0. The van der Waals surface area contributed by atoms with E-state index in [1.807, 2.05) is 38.1 Å². The quantitative estimate of drug-likeness (QED) is 0.910. The zero-order valence-corrected chi connectivity index (χ0v) is 12.8. The van der Waals surface area contributed by atoms with Gasteiger partial charge >= 0.3 is 0 Å². The number of carbonyl (C=O) groups excluding carboxylic acids is 2. The molecule has 2 amide bonds. The Labute approximate surface area is 129 Å². The van der Waals surface area contributed by atoms with E-state index < -0.39 is 0 Å². The first-order valence-electron chi connectivity index (χ1n) is 7.45. The average Bonchev–Trinajstić information content (AvgIpc) is 2.51. The molecule has 0 aliphatic carbocycles. The molecular formula is C17H19N3O2. The van der Waals surface area contributed by atoms with Crippen LogP contribution in [0.3, 0.4) is 0 Å². The molecule has 2 heterocycles. The van der Waals surface area contributed by atoms with E-state index in [0.29, 0.717) is 19.5 Å². The largest absolute Gasteiger partial charge is 0.353 e. The van der Waals surface area contributed by atoms with Crippen LogP contribution in [0.1, 0.15) is 16.8 Å². The van der Waals surface area contributed by atoms with Gasteiger partial charge in [-0.25, -0.2) is 0 Å². The Kier molecular flexibility index (Phi) is 3.79. The number of aromatic nitrogens is 1. The van der Waals surface area contributed by atoms with Crippen molar-refractivity contribution in [3.05, 3.63) is 41.1 Å². The minimum atomic E-state index is -0.0929. The fourth-order valence-corrected chi connectivity index (χ4v) is 2.95. The van der Waals surface area contributed by atoms with E-state index in [1.54, 1.807) is 4.90 Å². The summed E-state index contributed by atoms with van der Waals surface area (Å²) in [5.74, 6) is -0.109. The van der Waals surface area contributed by atoms with Crippen LogP contribution in [0.4, 0.5) is 0 Å². The summed E-state index contributed by atoms with van der Waals surface area (Å²) in [6, 6.07) is 7.95. The van der Waals surface area contributed by atoms with Crippen LogP contribution < -0.4 is 5.32 Å². The van der Waals surface area contributed by atoms with Crippen molar-refractivity contribution in [2.45, 2.75) is 20.3 Å². The van der Waals surface area contributed by atoms with Gasteiger partial charge in [0.15, 0.2) is 0 Å². The molecule has 1 N–H and O–H groups in total. The molecule has 22 heavy (non-hydrogen) atoms. The average molecular weight is 297 g/mol. The van der Waals surface area contributed by atoms with Crippen LogP contribution >= 0.6 is 0 Å². The van der Waals surface area contributed by atoms with Crippen molar-refractivity contribution in [1.82, 2.24) is 15.2 Å². The predicted octanol–water partition coefficient (Wildman–Crippen LogP) is 1.35. The first kappa shape index (κ1) is 14.5. The highest BCUT2D eigenvalue weighted by molar-refractivity contribution is 5.89. The highest BCUT2D eigenvalue weighted by Gasteiger charge is 2.22. The topological polar surface area (TPSA) is 62.3 Å². The lowest BCUT2D eigenvalue weighted by Crippen LogP contribution is -2.50. The zero-order chi connectivity index (χ0) is 15.7. The van der Waals surface area contributed by atoms with Crippen molar-refractivity contribution in [3.8, 4) is 0 Å². The summed E-state index contributed by atoms with van der Waals surface area (Å²) in [7, 11) is 0. The van der Waals surface area contributed by atoms with E-state index in [4.69, 9.17) is 0 Å². The molecule has 0 atom stereocenters. The van der Waals surface area contributed by atoms with E-state index in [1.165, 1.54) is 0 Å². The summed E-state index contributed by atoms with van der Waals surface area (Å²) in [6.07, 6.45) is 0.294. The Bertz CT molecular complexity index is 755. The predicted molar refractivity (Wildman–Crippen MR) is 84.5 cm³/mol. The maximum absolute atomic E-state index is 12.5. The number of hydrogen-bond donors (Lipinski definition) is 1. The van der Waals surface area contributed by atoms with E-state index in [2.05, 4.69) is 10.3 Å². The monoisotopic (exact) mass is 297 g/mol. The zero-order valence-electron chi connectivity index (χ0n) is 12.8. The number of carbonyl (C=O) groups is 2. The van der Waals surface area contributed by atoms with Gasteiger partial charge in [0.1, 0.15) is 0 Å². The minimum Gasteiger partial charge on any atom is -0.353 e. The molecule has 1 saturated heterocycles. The molecule has 0 bridgehead atoms. The van der Waals surface area contributed by atoms with Crippen molar-refractivity contribution in [2.75, 3.05) is 19.6 Å². The van der Waals surface area contributed by atoms with Gasteiger partial charge in [-0.15, -0.1) is 0 Å².